The molecule has 0 aliphatic carbocycles. The van der Waals surface area contributed by atoms with Crippen LogP contribution in [0.5, 0.6) is 0 Å². The van der Waals surface area contributed by atoms with Crippen LogP contribution in [-0.4, -0.2) is 6.16 Å². The SMILES string of the molecule is CCCCCCCCCCP(=O)(c1ccccc1)c1ccccc1Cc1ccccc1. The number of benzene rings is 3. The summed E-state index contributed by atoms with van der Waals surface area (Å²) in [6.07, 6.45) is 11.7. The van der Waals surface area contributed by atoms with Crippen molar-refractivity contribution in [3.63, 3.8) is 0 Å². The maximum absolute atomic E-state index is 14.6. The van der Waals surface area contributed by atoms with Crippen molar-refractivity contribution < 1.29 is 4.57 Å². The first-order valence-corrected chi connectivity index (χ1v) is 13.9. The van der Waals surface area contributed by atoms with Gasteiger partial charge in [-0.2, -0.15) is 0 Å². The third-order valence-electron chi connectivity index (χ3n) is 6.12. The minimum atomic E-state index is -2.66. The van der Waals surface area contributed by atoms with Gasteiger partial charge >= 0.3 is 0 Å². The monoisotopic (exact) mass is 432 g/mol. The van der Waals surface area contributed by atoms with Crippen LogP contribution in [0.15, 0.2) is 84.9 Å². The summed E-state index contributed by atoms with van der Waals surface area (Å²) < 4.78 is 14.6. The minimum Gasteiger partial charge on any atom is -0.314 e. The highest BCUT2D eigenvalue weighted by Gasteiger charge is 2.28. The Kier molecular flexibility index (Phi) is 9.63. The van der Waals surface area contributed by atoms with E-state index in [1.165, 1.54) is 56.1 Å². The lowest BCUT2D eigenvalue weighted by Crippen LogP contribution is -2.22. The Hall–Kier alpha value is -2.11. The Labute approximate surface area is 189 Å². The molecule has 31 heavy (non-hydrogen) atoms. The molecule has 0 aliphatic rings. The zero-order chi connectivity index (χ0) is 21.8. The van der Waals surface area contributed by atoms with Gasteiger partial charge in [-0.25, -0.2) is 0 Å². The molecule has 164 valence electrons. The van der Waals surface area contributed by atoms with Crippen LogP contribution >= 0.6 is 7.14 Å². The van der Waals surface area contributed by atoms with Crippen molar-refractivity contribution in [1.29, 1.82) is 0 Å². The Morgan fingerprint density at radius 3 is 1.84 bits per heavy atom. The average molecular weight is 433 g/mol. The van der Waals surface area contributed by atoms with Gasteiger partial charge in [0.25, 0.3) is 0 Å². The molecule has 0 amide bonds. The van der Waals surface area contributed by atoms with Crippen molar-refractivity contribution in [1.82, 2.24) is 0 Å². The molecule has 1 atom stereocenters. The minimum absolute atomic E-state index is 0.762. The summed E-state index contributed by atoms with van der Waals surface area (Å²) in [7, 11) is -2.66. The summed E-state index contributed by atoms with van der Waals surface area (Å²) in [5.41, 5.74) is 2.46. The molecule has 2 heteroatoms. The Morgan fingerprint density at radius 2 is 1.16 bits per heavy atom. The first-order chi connectivity index (χ1) is 15.2. The van der Waals surface area contributed by atoms with E-state index in [0.717, 1.165) is 29.6 Å². The topological polar surface area (TPSA) is 17.1 Å². The lowest BCUT2D eigenvalue weighted by Gasteiger charge is -2.22. The molecular weight excluding hydrogens is 395 g/mol. The maximum atomic E-state index is 14.6. The molecule has 0 fully saturated rings. The molecule has 0 radical (unpaired) electrons. The van der Waals surface area contributed by atoms with Gasteiger partial charge in [0.1, 0.15) is 7.14 Å². The molecule has 0 spiro atoms. The first kappa shape index (κ1) is 23.6. The Balaban J connectivity index is 1.76. The zero-order valence-electron chi connectivity index (χ0n) is 19.0. The van der Waals surface area contributed by atoms with Gasteiger partial charge in [-0.15, -0.1) is 0 Å². The molecule has 0 saturated heterocycles. The summed E-state index contributed by atoms with van der Waals surface area (Å²) in [6.45, 7) is 2.26. The van der Waals surface area contributed by atoms with Gasteiger partial charge in [-0.05, 0) is 24.0 Å². The van der Waals surface area contributed by atoms with E-state index in [-0.39, 0.29) is 0 Å². The third kappa shape index (κ3) is 6.94. The van der Waals surface area contributed by atoms with E-state index < -0.39 is 7.14 Å². The van der Waals surface area contributed by atoms with Crippen LogP contribution in [0.3, 0.4) is 0 Å². The quantitative estimate of drug-likeness (QED) is 0.199. The lowest BCUT2D eigenvalue weighted by atomic mass is 10.1. The predicted molar refractivity (Wildman–Crippen MR) is 136 cm³/mol. The number of rotatable bonds is 13. The molecule has 3 aromatic rings. The zero-order valence-corrected chi connectivity index (χ0v) is 19.9. The molecule has 0 heterocycles. The fourth-order valence-electron chi connectivity index (χ4n) is 4.35. The largest absolute Gasteiger partial charge is 0.314 e. The van der Waals surface area contributed by atoms with Gasteiger partial charge in [-0.3, -0.25) is 0 Å². The van der Waals surface area contributed by atoms with E-state index in [1.54, 1.807) is 0 Å². The third-order valence-corrected chi connectivity index (χ3v) is 9.41. The molecule has 1 nitrogen and oxygen atoms in total. The van der Waals surface area contributed by atoms with Crippen LogP contribution in [0.4, 0.5) is 0 Å². The maximum Gasteiger partial charge on any atom is 0.143 e. The van der Waals surface area contributed by atoms with Crippen LogP contribution in [0.1, 0.15) is 69.4 Å². The molecule has 0 aromatic heterocycles. The molecule has 3 rings (SSSR count). The molecular formula is C29H37OP. The summed E-state index contributed by atoms with van der Waals surface area (Å²) >= 11 is 0. The van der Waals surface area contributed by atoms with E-state index in [2.05, 4.69) is 61.5 Å². The molecule has 0 aliphatic heterocycles. The molecule has 0 saturated carbocycles. The molecule has 0 bridgehead atoms. The number of unbranched alkanes of at least 4 members (excludes halogenated alkanes) is 7. The first-order valence-electron chi connectivity index (χ1n) is 12.0. The second-order valence-corrected chi connectivity index (χ2v) is 11.5. The van der Waals surface area contributed by atoms with Gasteiger partial charge in [0, 0.05) is 16.8 Å². The van der Waals surface area contributed by atoms with E-state index >= 15 is 0 Å². The predicted octanol–water partition coefficient (Wildman–Crippen LogP) is 7.73. The van der Waals surface area contributed by atoms with Crippen molar-refractivity contribution in [3.8, 4) is 0 Å². The van der Waals surface area contributed by atoms with Crippen LogP contribution in [0, 0.1) is 0 Å². The highest BCUT2D eigenvalue weighted by Crippen LogP contribution is 2.45. The summed E-state index contributed by atoms with van der Waals surface area (Å²) in [5, 5.41) is 2.05. The fourth-order valence-corrected chi connectivity index (χ4v) is 7.40. The van der Waals surface area contributed by atoms with Crippen molar-refractivity contribution >= 4 is 17.8 Å². The Bertz CT molecular complexity index is 933. The molecule has 0 N–H and O–H groups in total. The normalized spacial score (nSPS) is 13.1. The summed E-state index contributed by atoms with van der Waals surface area (Å²) in [5.74, 6) is 0. The van der Waals surface area contributed by atoms with E-state index in [0.29, 0.717) is 0 Å². The van der Waals surface area contributed by atoms with Gasteiger partial charge in [0.2, 0.25) is 0 Å². The lowest BCUT2D eigenvalue weighted by molar-refractivity contribution is 0.572. The Morgan fingerprint density at radius 1 is 0.613 bits per heavy atom. The van der Waals surface area contributed by atoms with Gasteiger partial charge in [0.15, 0.2) is 0 Å². The van der Waals surface area contributed by atoms with Crippen LogP contribution in [-0.2, 0) is 11.0 Å². The van der Waals surface area contributed by atoms with Crippen LogP contribution in [0.25, 0.3) is 0 Å². The van der Waals surface area contributed by atoms with E-state index in [1.807, 2.05) is 30.3 Å². The molecule has 1 unspecified atom stereocenters. The second kappa shape index (κ2) is 12.7. The van der Waals surface area contributed by atoms with E-state index in [4.69, 9.17) is 0 Å². The highest BCUT2D eigenvalue weighted by molar-refractivity contribution is 7.78. The second-order valence-electron chi connectivity index (χ2n) is 8.56. The standard InChI is InChI=1S/C29H37OP/c1-2-3-4-5-6-7-8-17-24-31(30,28-21-13-10-14-22-28)29-23-16-15-20-27(29)25-26-18-11-9-12-19-26/h9-16,18-23H,2-8,17,24-25H2,1H3. The fraction of sp³-hybridized carbons (Fsp3) is 0.379. The van der Waals surface area contributed by atoms with Gasteiger partial charge in [-0.1, -0.05) is 137 Å². The van der Waals surface area contributed by atoms with Gasteiger partial charge < -0.3 is 4.57 Å². The van der Waals surface area contributed by atoms with Crippen LogP contribution < -0.4 is 10.6 Å². The highest BCUT2D eigenvalue weighted by atomic mass is 31.2. The van der Waals surface area contributed by atoms with Crippen molar-refractivity contribution in [2.45, 2.75) is 64.7 Å². The van der Waals surface area contributed by atoms with Crippen molar-refractivity contribution in [2.75, 3.05) is 6.16 Å². The van der Waals surface area contributed by atoms with Crippen molar-refractivity contribution in [2.24, 2.45) is 0 Å². The van der Waals surface area contributed by atoms with Crippen LogP contribution in [0.2, 0.25) is 0 Å². The van der Waals surface area contributed by atoms with E-state index in [9.17, 15) is 4.57 Å². The summed E-state index contributed by atoms with van der Waals surface area (Å²) in [4.78, 5) is 0. The van der Waals surface area contributed by atoms with Crippen molar-refractivity contribution in [3.05, 3.63) is 96.1 Å². The summed E-state index contributed by atoms with van der Waals surface area (Å²) in [6, 6.07) is 29.1. The van der Waals surface area contributed by atoms with Gasteiger partial charge in [0.05, 0.1) is 0 Å². The smallest absolute Gasteiger partial charge is 0.143 e. The average Bonchev–Trinajstić information content (AvgIpc) is 2.82. The molecule has 3 aromatic carbocycles. The number of hydrogen-bond acceptors (Lipinski definition) is 1. The number of hydrogen-bond donors (Lipinski definition) is 0.